The standard InChI is InChI=1S/C17H20FN5O/c1-22-12-20-21-16(22)8-17(24)5-2-6-23(11-17)10-14-7-13(9-19)3-4-15(14)18/h3-4,7,12,24H,2,5-6,8,10-11H2,1H3. The molecule has 1 N–H and O–H groups in total. The molecule has 0 amide bonds. The van der Waals surface area contributed by atoms with E-state index in [1.165, 1.54) is 12.1 Å². The third kappa shape index (κ3) is 3.61. The predicted octanol–water partition coefficient (Wildman–Crippen LogP) is 1.40. The molecule has 1 unspecified atom stereocenters. The molecule has 1 atom stereocenters. The summed E-state index contributed by atoms with van der Waals surface area (Å²) in [6, 6.07) is 6.40. The maximum absolute atomic E-state index is 14.0. The lowest BCUT2D eigenvalue weighted by atomic mass is 9.89. The van der Waals surface area contributed by atoms with Gasteiger partial charge in [0.2, 0.25) is 0 Å². The van der Waals surface area contributed by atoms with E-state index >= 15 is 0 Å². The van der Waals surface area contributed by atoms with Gasteiger partial charge in [-0.1, -0.05) is 0 Å². The number of benzene rings is 1. The number of aryl methyl sites for hydroxylation is 1. The van der Waals surface area contributed by atoms with Crippen molar-refractivity contribution in [2.45, 2.75) is 31.4 Å². The SMILES string of the molecule is Cn1cnnc1CC1(O)CCCN(Cc2cc(C#N)ccc2F)C1. The summed E-state index contributed by atoms with van der Waals surface area (Å²) in [4.78, 5) is 2.03. The summed E-state index contributed by atoms with van der Waals surface area (Å²) in [7, 11) is 1.85. The molecule has 0 spiro atoms. The van der Waals surface area contributed by atoms with E-state index in [4.69, 9.17) is 5.26 Å². The van der Waals surface area contributed by atoms with Gasteiger partial charge in [0.05, 0.1) is 17.2 Å². The highest BCUT2D eigenvalue weighted by Gasteiger charge is 2.34. The molecule has 7 heteroatoms. The summed E-state index contributed by atoms with van der Waals surface area (Å²) in [6.45, 7) is 1.61. The molecule has 2 heterocycles. The van der Waals surface area contributed by atoms with Crippen molar-refractivity contribution in [2.24, 2.45) is 7.05 Å². The minimum Gasteiger partial charge on any atom is -0.388 e. The van der Waals surface area contributed by atoms with E-state index in [0.717, 1.165) is 18.8 Å². The number of hydrogen-bond donors (Lipinski definition) is 1. The lowest BCUT2D eigenvalue weighted by molar-refractivity contribution is -0.0347. The first-order valence-corrected chi connectivity index (χ1v) is 7.95. The molecule has 1 fully saturated rings. The first kappa shape index (κ1) is 16.6. The van der Waals surface area contributed by atoms with Gasteiger partial charge in [0.25, 0.3) is 0 Å². The van der Waals surface area contributed by atoms with Crippen molar-refractivity contribution < 1.29 is 9.50 Å². The number of β-amino-alcohol motifs (C(OH)–C–C–N with tert-alkyl or cyclic N) is 1. The summed E-state index contributed by atoms with van der Waals surface area (Å²) in [5.74, 6) is 0.411. The van der Waals surface area contributed by atoms with Gasteiger partial charge in [0.15, 0.2) is 0 Å². The number of hydrogen-bond acceptors (Lipinski definition) is 5. The highest BCUT2D eigenvalue weighted by atomic mass is 19.1. The molecule has 0 radical (unpaired) electrons. The molecule has 1 aromatic heterocycles. The predicted molar refractivity (Wildman–Crippen MR) is 85.3 cm³/mol. The number of halogens is 1. The molecule has 6 nitrogen and oxygen atoms in total. The van der Waals surface area contributed by atoms with Crippen LogP contribution in [0.4, 0.5) is 4.39 Å². The zero-order valence-electron chi connectivity index (χ0n) is 13.6. The first-order chi connectivity index (χ1) is 11.5. The van der Waals surface area contributed by atoms with Crippen molar-refractivity contribution in [1.29, 1.82) is 5.26 Å². The summed E-state index contributed by atoms with van der Waals surface area (Å²) >= 11 is 0. The number of rotatable bonds is 4. The van der Waals surface area contributed by atoms with Crippen LogP contribution in [0.2, 0.25) is 0 Å². The van der Waals surface area contributed by atoms with E-state index in [9.17, 15) is 9.50 Å². The number of aliphatic hydroxyl groups is 1. The Morgan fingerprint density at radius 2 is 2.29 bits per heavy atom. The lowest BCUT2D eigenvalue weighted by Gasteiger charge is -2.39. The second-order valence-corrected chi connectivity index (χ2v) is 6.49. The fraction of sp³-hybridized carbons (Fsp3) is 0.471. The summed E-state index contributed by atoms with van der Waals surface area (Å²) in [6.07, 6.45) is 3.54. The van der Waals surface area contributed by atoms with Crippen LogP contribution in [0.1, 0.15) is 29.8 Å². The van der Waals surface area contributed by atoms with Crippen LogP contribution in [-0.4, -0.2) is 43.5 Å². The van der Waals surface area contributed by atoms with Crippen molar-refractivity contribution in [1.82, 2.24) is 19.7 Å². The van der Waals surface area contributed by atoms with Crippen LogP contribution >= 0.6 is 0 Å². The summed E-state index contributed by atoms with van der Waals surface area (Å²) < 4.78 is 15.8. The Kier molecular flexibility index (Phi) is 4.60. The Morgan fingerprint density at radius 3 is 3.00 bits per heavy atom. The van der Waals surface area contributed by atoms with Gasteiger partial charge in [0, 0.05) is 32.1 Å². The van der Waals surface area contributed by atoms with E-state index in [1.54, 1.807) is 17.0 Å². The van der Waals surface area contributed by atoms with Crippen molar-refractivity contribution in [3.8, 4) is 6.07 Å². The van der Waals surface area contributed by atoms with Crippen LogP contribution in [0.3, 0.4) is 0 Å². The zero-order chi connectivity index (χ0) is 17.2. The van der Waals surface area contributed by atoms with Crippen molar-refractivity contribution in [3.63, 3.8) is 0 Å². The molecule has 1 aliphatic rings. The number of aromatic nitrogens is 3. The lowest BCUT2D eigenvalue weighted by Crippen LogP contribution is -2.49. The number of piperidine rings is 1. The van der Waals surface area contributed by atoms with E-state index < -0.39 is 5.60 Å². The third-order valence-electron chi connectivity index (χ3n) is 4.50. The second kappa shape index (κ2) is 6.67. The van der Waals surface area contributed by atoms with Gasteiger partial charge in [-0.25, -0.2) is 4.39 Å². The van der Waals surface area contributed by atoms with E-state index in [0.29, 0.717) is 37.1 Å². The summed E-state index contributed by atoms with van der Waals surface area (Å²) in [5.41, 5.74) is 0.0252. The van der Waals surface area contributed by atoms with Gasteiger partial charge >= 0.3 is 0 Å². The number of nitrogens with zero attached hydrogens (tertiary/aromatic N) is 5. The van der Waals surface area contributed by atoms with Crippen LogP contribution in [0.5, 0.6) is 0 Å². The average molecular weight is 329 g/mol. The van der Waals surface area contributed by atoms with Crippen LogP contribution in [0, 0.1) is 17.1 Å². The molecule has 126 valence electrons. The Labute approximate surface area is 140 Å². The maximum Gasteiger partial charge on any atom is 0.135 e. The average Bonchev–Trinajstić information content (AvgIpc) is 2.94. The van der Waals surface area contributed by atoms with Crippen molar-refractivity contribution >= 4 is 0 Å². The molecule has 1 aliphatic heterocycles. The number of likely N-dealkylation sites (tertiary alicyclic amines) is 1. The minimum absolute atomic E-state index is 0.323. The van der Waals surface area contributed by atoms with Crippen LogP contribution in [0.15, 0.2) is 24.5 Å². The molecule has 0 bridgehead atoms. The van der Waals surface area contributed by atoms with Crippen LogP contribution < -0.4 is 0 Å². The molecule has 3 rings (SSSR count). The Morgan fingerprint density at radius 1 is 1.46 bits per heavy atom. The van der Waals surface area contributed by atoms with E-state index in [-0.39, 0.29) is 5.82 Å². The van der Waals surface area contributed by atoms with Crippen LogP contribution in [0.25, 0.3) is 0 Å². The van der Waals surface area contributed by atoms with Gasteiger partial charge in [0.1, 0.15) is 18.0 Å². The molecular weight excluding hydrogens is 309 g/mol. The molecule has 0 aliphatic carbocycles. The van der Waals surface area contributed by atoms with E-state index in [2.05, 4.69) is 10.2 Å². The monoisotopic (exact) mass is 329 g/mol. The summed E-state index contributed by atoms with van der Waals surface area (Å²) in [5, 5.41) is 27.8. The normalized spacial score (nSPS) is 21.6. The molecule has 0 saturated carbocycles. The Balaban J connectivity index is 1.72. The maximum atomic E-state index is 14.0. The first-order valence-electron chi connectivity index (χ1n) is 7.95. The largest absolute Gasteiger partial charge is 0.388 e. The quantitative estimate of drug-likeness (QED) is 0.917. The Bertz CT molecular complexity index is 769. The molecule has 2 aromatic rings. The van der Waals surface area contributed by atoms with E-state index in [1.807, 2.05) is 18.0 Å². The number of nitriles is 1. The van der Waals surface area contributed by atoms with Gasteiger partial charge in [-0.2, -0.15) is 5.26 Å². The third-order valence-corrected chi connectivity index (χ3v) is 4.50. The minimum atomic E-state index is -0.900. The molecule has 24 heavy (non-hydrogen) atoms. The zero-order valence-corrected chi connectivity index (χ0v) is 13.6. The fourth-order valence-electron chi connectivity index (χ4n) is 3.25. The van der Waals surface area contributed by atoms with Gasteiger partial charge in [-0.15, -0.1) is 10.2 Å². The highest BCUT2D eigenvalue weighted by molar-refractivity contribution is 5.33. The molecule has 1 saturated heterocycles. The Hall–Kier alpha value is -2.30. The molecule has 1 aromatic carbocycles. The van der Waals surface area contributed by atoms with Crippen LogP contribution in [-0.2, 0) is 20.0 Å². The van der Waals surface area contributed by atoms with Gasteiger partial charge in [-0.3, -0.25) is 4.90 Å². The topological polar surface area (TPSA) is 78.0 Å². The fourth-order valence-corrected chi connectivity index (χ4v) is 3.25. The molecular formula is C17H20FN5O. The van der Waals surface area contributed by atoms with Crippen molar-refractivity contribution in [2.75, 3.05) is 13.1 Å². The van der Waals surface area contributed by atoms with Gasteiger partial charge < -0.3 is 9.67 Å². The van der Waals surface area contributed by atoms with Crippen molar-refractivity contribution in [3.05, 3.63) is 47.3 Å². The highest BCUT2D eigenvalue weighted by Crippen LogP contribution is 2.26. The second-order valence-electron chi connectivity index (χ2n) is 6.49. The smallest absolute Gasteiger partial charge is 0.135 e. The van der Waals surface area contributed by atoms with Gasteiger partial charge in [-0.05, 0) is 37.6 Å².